The van der Waals surface area contributed by atoms with E-state index in [-0.39, 0.29) is 12.5 Å². The van der Waals surface area contributed by atoms with Crippen LogP contribution in [-0.2, 0) is 16.1 Å². The number of ether oxygens (including phenoxy) is 1. The van der Waals surface area contributed by atoms with Crippen LogP contribution in [0, 0.1) is 6.57 Å². The van der Waals surface area contributed by atoms with E-state index in [2.05, 4.69) is 10.2 Å². The minimum absolute atomic E-state index is 0.182. The van der Waals surface area contributed by atoms with Crippen LogP contribution in [0.25, 0.3) is 4.85 Å². The monoisotopic (exact) mass is 246 g/mol. The van der Waals surface area contributed by atoms with E-state index >= 15 is 0 Å². The van der Waals surface area contributed by atoms with Gasteiger partial charge in [0.1, 0.15) is 5.60 Å². The zero-order valence-electron chi connectivity index (χ0n) is 11.0. The first-order chi connectivity index (χ1) is 8.40. The van der Waals surface area contributed by atoms with Crippen LogP contribution in [0.15, 0.2) is 24.3 Å². The zero-order valence-corrected chi connectivity index (χ0v) is 11.0. The zero-order chi connectivity index (χ0) is 13.6. The lowest BCUT2D eigenvalue weighted by atomic mass is 10.2. The Morgan fingerprint density at radius 2 is 1.94 bits per heavy atom. The van der Waals surface area contributed by atoms with E-state index in [0.29, 0.717) is 12.2 Å². The van der Waals surface area contributed by atoms with Gasteiger partial charge in [-0.25, -0.2) is 4.85 Å². The van der Waals surface area contributed by atoms with Crippen molar-refractivity contribution < 1.29 is 9.53 Å². The lowest BCUT2D eigenvalue weighted by Crippen LogP contribution is -2.31. The molecule has 1 aromatic rings. The second-order valence-electron chi connectivity index (χ2n) is 4.97. The number of benzene rings is 1. The molecule has 4 heteroatoms. The van der Waals surface area contributed by atoms with Gasteiger partial charge < -0.3 is 10.1 Å². The molecule has 1 N–H and O–H groups in total. The summed E-state index contributed by atoms with van der Waals surface area (Å²) in [5, 5.41) is 3.01. The van der Waals surface area contributed by atoms with E-state index in [4.69, 9.17) is 11.3 Å². The van der Waals surface area contributed by atoms with Crippen LogP contribution in [0.3, 0.4) is 0 Å². The average molecular weight is 246 g/mol. The molecule has 0 heterocycles. The Morgan fingerprint density at radius 3 is 2.44 bits per heavy atom. The normalized spacial score (nSPS) is 10.8. The van der Waals surface area contributed by atoms with E-state index in [9.17, 15) is 4.79 Å². The largest absolute Gasteiger partial charge is 0.459 e. The summed E-state index contributed by atoms with van der Waals surface area (Å²) in [6, 6.07) is 7.26. The number of hydrogen-bond acceptors (Lipinski definition) is 3. The second-order valence-corrected chi connectivity index (χ2v) is 4.97. The quantitative estimate of drug-likeness (QED) is 0.656. The van der Waals surface area contributed by atoms with Gasteiger partial charge in [0, 0.05) is 6.54 Å². The Morgan fingerprint density at radius 1 is 1.33 bits per heavy atom. The highest BCUT2D eigenvalue weighted by atomic mass is 16.6. The van der Waals surface area contributed by atoms with E-state index in [1.807, 2.05) is 32.9 Å². The number of nitrogens with one attached hydrogen (secondary N) is 1. The van der Waals surface area contributed by atoms with Gasteiger partial charge in [-0.3, -0.25) is 4.79 Å². The summed E-state index contributed by atoms with van der Waals surface area (Å²) in [6.45, 7) is 13.1. The molecular formula is C14H18N2O2. The Kier molecular flexibility index (Phi) is 4.87. The third-order valence-electron chi connectivity index (χ3n) is 2.08. The number of hydrogen-bond donors (Lipinski definition) is 1. The molecule has 1 aromatic carbocycles. The van der Waals surface area contributed by atoms with Crippen LogP contribution in [0.1, 0.15) is 26.3 Å². The number of nitrogens with zero attached hydrogens (tertiary/aromatic N) is 1. The molecule has 0 saturated heterocycles. The maximum Gasteiger partial charge on any atom is 0.320 e. The van der Waals surface area contributed by atoms with Crippen molar-refractivity contribution in [2.75, 3.05) is 6.54 Å². The van der Waals surface area contributed by atoms with Crippen LogP contribution in [0.2, 0.25) is 0 Å². The first kappa shape index (κ1) is 14.2. The smallest absolute Gasteiger partial charge is 0.320 e. The lowest BCUT2D eigenvalue weighted by molar-refractivity contribution is -0.153. The van der Waals surface area contributed by atoms with Crippen molar-refractivity contribution in [1.82, 2.24) is 5.32 Å². The fraction of sp³-hybridized carbons (Fsp3) is 0.429. The Bertz CT molecular complexity index is 438. The number of esters is 1. The predicted molar refractivity (Wildman–Crippen MR) is 70.3 cm³/mol. The molecule has 0 bridgehead atoms. The summed E-state index contributed by atoms with van der Waals surface area (Å²) in [5.74, 6) is -0.264. The summed E-state index contributed by atoms with van der Waals surface area (Å²) in [5.41, 5.74) is 1.20. The van der Waals surface area contributed by atoms with E-state index in [1.54, 1.807) is 12.1 Å². The van der Waals surface area contributed by atoms with Gasteiger partial charge in [0.05, 0.1) is 13.1 Å². The van der Waals surface area contributed by atoms with Crippen molar-refractivity contribution >= 4 is 11.7 Å². The maximum atomic E-state index is 11.4. The number of carbonyl (C=O) groups is 1. The van der Waals surface area contributed by atoms with E-state index in [0.717, 1.165) is 5.56 Å². The van der Waals surface area contributed by atoms with Crippen molar-refractivity contribution in [2.45, 2.75) is 32.9 Å². The molecule has 0 radical (unpaired) electrons. The van der Waals surface area contributed by atoms with Crippen LogP contribution in [0.4, 0.5) is 5.69 Å². The van der Waals surface area contributed by atoms with Crippen molar-refractivity contribution in [3.8, 4) is 0 Å². The molecule has 18 heavy (non-hydrogen) atoms. The van der Waals surface area contributed by atoms with Gasteiger partial charge in [-0.05, 0) is 26.3 Å². The summed E-state index contributed by atoms with van der Waals surface area (Å²) in [4.78, 5) is 14.7. The third-order valence-corrected chi connectivity index (χ3v) is 2.08. The summed E-state index contributed by atoms with van der Waals surface area (Å²) in [6.07, 6.45) is 0. The minimum atomic E-state index is -0.448. The Balaban J connectivity index is 2.33. The van der Waals surface area contributed by atoms with Gasteiger partial charge >= 0.3 is 5.97 Å². The topological polar surface area (TPSA) is 42.7 Å². The summed E-state index contributed by atoms with van der Waals surface area (Å²) >= 11 is 0. The molecule has 0 aliphatic heterocycles. The van der Waals surface area contributed by atoms with Crippen LogP contribution < -0.4 is 5.32 Å². The summed E-state index contributed by atoms with van der Waals surface area (Å²) in [7, 11) is 0. The van der Waals surface area contributed by atoms with E-state index < -0.39 is 5.60 Å². The van der Waals surface area contributed by atoms with Gasteiger partial charge in [-0.2, -0.15) is 0 Å². The van der Waals surface area contributed by atoms with Crippen LogP contribution >= 0.6 is 0 Å². The molecule has 0 aliphatic rings. The lowest BCUT2D eigenvalue weighted by Gasteiger charge is -2.19. The van der Waals surface area contributed by atoms with Gasteiger partial charge in [0.15, 0.2) is 5.69 Å². The van der Waals surface area contributed by atoms with Crippen molar-refractivity contribution in [2.24, 2.45) is 0 Å². The van der Waals surface area contributed by atoms with Crippen molar-refractivity contribution in [3.63, 3.8) is 0 Å². The van der Waals surface area contributed by atoms with Crippen molar-refractivity contribution in [3.05, 3.63) is 41.2 Å². The van der Waals surface area contributed by atoms with Gasteiger partial charge in [0.25, 0.3) is 0 Å². The van der Waals surface area contributed by atoms with Gasteiger partial charge in [-0.1, -0.05) is 24.3 Å². The Labute approximate surface area is 108 Å². The molecule has 0 unspecified atom stereocenters. The maximum absolute atomic E-state index is 11.4. The molecule has 0 saturated carbocycles. The molecule has 0 atom stereocenters. The third kappa shape index (κ3) is 5.46. The highest BCUT2D eigenvalue weighted by Gasteiger charge is 2.15. The fourth-order valence-electron chi connectivity index (χ4n) is 1.37. The molecule has 0 aliphatic carbocycles. The molecule has 0 amide bonds. The first-order valence-corrected chi connectivity index (χ1v) is 5.80. The molecule has 0 aromatic heterocycles. The predicted octanol–water partition coefficient (Wildman–Crippen LogP) is 2.67. The van der Waals surface area contributed by atoms with Crippen molar-refractivity contribution in [1.29, 1.82) is 0 Å². The van der Waals surface area contributed by atoms with Gasteiger partial charge in [-0.15, -0.1) is 0 Å². The molecular weight excluding hydrogens is 228 g/mol. The highest BCUT2D eigenvalue weighted by Crippen LogP contribution is 2.12. The molecule has 4 nitrogen and oxygen atoms in total. The number of rotatable bonds is 4. The second kappa shape index (κ2) is 6.18. The highest BCUT2D eigenvalue weighted by molar-refractivity contribution is 5.72. The molecule has 0 fully saturated rings. The Hall–Kier alpha value is -1.86. The number of carbonyl (C=O) groups excluding carboxylic acids is 1. The fourth-order valence-corrected chi connectivity index (χ4v) is 1.37. The molecule has 96 valence electrons. The summed E-state index contributed by atoms with van der Waals surface area (Å²) < 4.78 is 5.17. The van der Waals surface area contributed by atoms with Crippen LogP contribution in [-0.4, -0.2) is 18.1 Å². The van der Waals surface area contributed by atoms with Gasteiger partial charge in [0.2, 0.25) is 0 Å². The molecule has 0 spiro atoms. The average Bonchev–Trinajstić information content (AvgIpc) is 2.27. The first-order valence-electron chi connectivity index (χ1n) is 5.80. The SMILES string of the molecule is [C-]#[N+]c1ccc(CNCC(=O)OC(C)(C)C)cc1. The van der Waals surface area contributed by atoms with Crippen LogP contribution in [0.5, 0.6) is 0 Å². The van der Waals surface area contributed by atoms with E-state index in [1.165, 1.54) is 0 Å². The minimum Gasteiger partial charge on any atom is -0.459 e. The standard InChI is InChI=1S/C14H18N2O2/c1-14(2,3)18-13(17)10-16-9-11-5-7-12(15-4)8-6-11/h5-8,16H,9-10H2,1-3H3. The molecule has 1 rings (SSSR count).